The molecule has 0 bridgehead atoms. The van der Waals surface area contributed by atoms with E-state index in [1.54, 1.807) is 16.2 Å². The normalized spacial score (nSPS) is 23.7. The number of hydrogen-bond donors (Lipinski definition) is 0. The van der Waals surface area contributed by atoms with Crippen LogP contribution in [0.3, 0.4) is 0 Å². The molecule has 1 atom stereocenters. The van der Waals surface area contributed by atoms with Gasteiger partial charge >= 0.3 is 0 Å². The maximum atomic E-state index is 12.5. The number of carbonyl (C=O) groups is 2. The number of thiazole rings is 1. The third-order valence-corrected chi connectivity index (χ3v) is 4.68. The molecule has 2 amide bonds. The minimum absolute atomic E-state index is 0.106. The van der Waals surface area contributed by atoms with E-state index in [0.717, 1.165) is 29.3 Å². The molecule has 2 aliphatic heterocycles. The average molecular weight is 279 g/mol. The van der Waals surface area contributed by atoms with Gasteiger partial charge in [0.25, 0.3) is 0 Å². The van der Waals surface area contributed by atoms with E-state index in [9.17, 15) is 9.59 Å². The number of aryl methyl sites for hydroxylation is 1. The topological polar surface area (TPSA) is 53.5 Å². The van der Waals surface area contributed by atoms with E-state index in [4.69, 9.17) is 0 Å². The highest BCUT2D eigenvalue weighted by Gasteiger charge is 2.39. The van der Waals surface area contributed by atoms with Gasteiger partial charge in [-0.05, 0) is 19.8 Å². The van der Waals surface area contributed by atoms with Gasteiger partial charge < -0.3 is 9.80 Å². The van der Waals surface area contributed by atoms with Crippen LogP contribution in [0.5, 0.6) is 0 Å². The summed E-state index contributed by atoms with van der Waals surface area (Å²) < 4.78 is 0. The lowest BCUT2D eigenvalue weighted by atomic mass is 10.2. The van der Waals surface area contributed by atoms with Gasteiger partial charge in [-0.2, -0.15) is 0 Å². The highest BCUT2D eigenvalue weighted by atomic mass is 32.1. The fraction of sp³-hybridized carbons (Fsp3) is 0.615. The molecule has 0 N–H and O–H groups in total. The highest BCUT2D eigenvalue weighted by molar-refractivity contribution is 7.11. The van der Waals surface area contributed by atoms with Crippen LogP contribution in [-0.2, 0) is 16.1 Å². The Kier molecular flexibility index (Phi) is 3.26. The zero-order valence-electron chi connectivity index (χ0n) is 11.0. The quantitative estimate of drug-likeness (QED) is 0.816. The summed E-state index contributed by atoms with van der Waals surface area (Å²) in [6.45, 7) is 3.81. The third-order valence-electron chi connectivity index (χ3n) is 3.78. The summed E-state index contributed by atoms with van der Waals surface area (Å²) in [7, 11) is 0. The molecule has 3 rings (SSSR count). The SMILES string of the molecule is Cc1ncc(CN2CCC(=O)N3CCCC3C2=O)s1. The van der Waals surface area contributed by atoms with Gasteiger partial charge in [-0.15, -0.1) is 11.3 Å². The van der Waals surface area contributed by atoms with Gasteiger partial charge in [-0.1, -0.05) is 0 Å². The zero-order valence-corrected chi connectivity index (χ0v) is 11.8. The lowest BCUT2D eigenvalue weighted by molar-refractivity contribution is -0.139. The van der Waals surface area contributed by atoms with Crippen LogP contribution in [0.15, 0.2) is 6.20 Å². The lowest BCUT2D eigenvalue weighted by Gasteiger charge is -2.24. The van der Waals surface area contributed by atoms with Crippen molar-refractivity contribution >= 4 is 23.2 Å². The molecule has 2 aliphatic rings. The van der Waals surface area contributed by atoms with Gasteiger partial charge in [0.1, 0.15) is 6.04 Å². The summed E-state index contributed by atoms with van der Waals surface area (Å²) in [4.78, 5) is 33.4. The first-order valence-electron chi connectivity index (χ1n) is 6.65. The van der Waals surface area contributed by atoms with Crippen molar-refractivity contribution in [3.8, 4) is 0 Å². The summed E-state index contributed by atoms with van der Waals surface area (Å²) in [5.74, 6) is 0.230. The van der Waals surface area contributed by atoms with Crippen LogP contribution in [0.25, 0.3) is 0 Å². The van der Waals surface area contributed by atoms with Gasteiger partial charge in [-0.25, -0.2) is 4.98 Å². The molecule has 1 aromatic rings. The Morgan fingerprint density at radius 1 is 1.42 bits per heavy atom. The number of fused-ring (bicyclic) bond motifs is 1. The van der Waals surface area contributed by atoms with E-state index in [2.05, 4.69) is 4.98 Å². The average Bonchev–Trinajstić information content (AvgIpc) is 2.99. The first kappa shape index (κ1) is 12.6. The molecule has 0 spiro atoms. The second-order valence-electron chi connectivity index (χ2n) is 5.10. The predicted molar refractivity (Wildman–Crippen MR) is 71.6 cm³/mol. The van der Waals surface area contributed by atoms with Crippen LogP contribution < -0.4 is 0 Å². The predicted octanol–water partition coefficient (Wildman–Crippen LogP) is 1.17. The number of hydrogen-bond acceptors (Lipinski definition) is 4. The first-order valence-corrected chi connectivity index (χ1v) is 7.46. The number of rotatable bonds is 2. The van der Waals surface area contributed by atoms with Crippen molar-refractivity contribution in [1.82, 2.24) is 14.8 Å². The Morgan fingerprint density at radius 2 is 2.26 bits per heavy atom. The van der Waals surface area contributed by atoms with Crippen LogP contribution in [0.2, 0.25) is 0 Å². The van der Waals surface area contributed by atoms with E-state index in [1.807, 2.05) is 18.0 Å². The second kappa shape index (κ2) is 4.92. The standard InChI is InChI=1S/C13H17N3O2S/c1-9-14-7-10(19-9)8-15-6-4-12(17)16-5-2-3-11(16)13(15)18/h7,11H,2-6,8H2,1H3. The van der Waals surface area contributed by atoms with Gasteiger partial charge in [-0.3, -0.25) is 9.59 Å². The molecule has 3 heterocycles. The molecule has 1 unspecified atom stereocenters. The highest BCUT2D eigenvalue weighted by Crippen LogP contribution is 2.25. The summed E-state index contributed by atoms with van der Waals surface area (Å²) >= 11 is 1.61. The minimum atomic E-state index is -0.219. The summed E-state index contributed by atoms with van der Waals surface area (Å²) in [6.07, 6.45) is 4.02. The molecule has 2 fully saturated rings. The molecule has 19 heavy (non-hydrogen) atoms. The van der Waals surface area contributed by atoms with Gasteiger partial charge in [0, 0.05) is 30.6 Å². The number of aromatic nitrogens is 1. The lowest BCUT2D eigenvalue weighted by Crippen LogP contribution is -2.43. The largest absolute Gasteiger partial charge is 0.335 e. The number of nitrogens with zero attached hydrogens (tertiary/aromatic N) is 3. The number of carbonyl (C=O) groups excluding carboxylic acids is 2. The molecule has 0 aliphatic carbocycles. The van der Waals surface area contributed by atoms with Gasteiger partial charge in [0.2, 0.25) is 11.8 Å². The molecule has 1 aromatic heterocycles. The molecule has 0 saturated carbocycles. The van der Waals surface area contributed by atoms with Crippen LogP contribution in [-0.4, -0.2) is 45.7 Å². The minimum Gasteiger partial charge on any atom is -0.335 e. The molecule has 5 nitrogen and oxygen atoms in total. The Balaban J connectivity index is 1.78. The van der Waals surface area contributed by atoms with Crippen LogP contribution in [0, 0.1) is 6.92 Å². The maximum absolute atomic E-state index is 12.5. The molecular formula is C13H17N3O2S. The van der Waals surface area contributed by atoms with Crippen LogP contribution >= 0.6 is 11.3 Å². The Morgan fingerprint density at radius 3 is 3.00 bits per heavy atom. The maximum Gasteiger partial charge on any atom is 0.245 e. The van der Waals surface area contributed by atoms with E-state index in [0.29, 0.717) is 19.5 Å². The molecule has 0 aromatic carbocycles. The van der Waals surface area contributed by atoms with Crippen molar-refractivity contribution < 1.29 is 9.59 Å². The molecule has 6 heteroatoms. The van der Waals surface area contributed by atoms with E-state index < -0.39 is 0 Å². The smallest absolute Gasteiger partial charge is 0.245 e. The monoisotopic (exact) mass is 279 g/mol. The molecule has 0 radical (unpaired) electrons. The van der Waals surface area contributed by atoms with Crippen molar-refractivity contribution in [2.24, 2.45) is 0 Å². The Labute approximate surface area is 116 Å². The number of amides is 2. The van der Waals surface area contributed by atoms with Gasteiger partial charge in [0.05, 0.1) is 11.6 Å². The fourth-order valence-electron chi connectivity index (χ4n) is 2.84. The van der Waals surface area contributed by atoms with Crippen molar-refractivity contribution in [1.29, 1.82) is 0 Å². The van der Waals surface area contributed by atoms with Crippen molar-refractivity contribution in [3.05, 3.63) is 16.1 Å². The summed E-state index contributed by atoms with van der Waals surface area (Å²) in [6, 6.07) is -0.219. The van der Waals surface area contributed by atoms with Crippen LogP contribution in [0.4, 0.5) is 0 Å². The Bertz CT molecular complexity index is 514. The van der Waals surface area contributed by atoms with Crippen molar-refractivity contribution in [2.75, 3.05) is 13.1 Å². The van der Waals surface area contributed by atoms with E-state index >= 15 is 0 Å². The van der Waals surface area contributed by atoms with Gasteiger partial charge in [0.15, 0.2) is 0 Å². The van der Waals surface area contributed by atoms with Crippen molar-refractivity contribution in [2.45, 2.75) is 38.8 Å². The molecular weight excluding hydrogens is 262 g/mol. The molecule has 2 saturated heterocycles. The zero-order chi connectivity index (χ0) is 13.4. The summed E-state index contributed by atoms with van der Waals surface area (Å²) in [5, 5.41) is 1.01. The van der Waals surface area contributed by atoms with E-state index in [-0.39, 0.29) is 17.9 Å². The second-order valence-corrected chi connectivity index (χ2v) is 6.42. The molecule has 102 valence electrons. The summed E-state index contributed by atoms with van der Waals surface area (Å²) in [5.41, 5.74) is 0. The van der Waals surface area contributed by atoms with E-state index in [1.165, 1.54) is 0 Å². The van der Waals surface area contributed by atoms with Crippen molar-refractivity contribution in [3.63, 3.8) is 0 Å². The fourth-order valence-corrected chi connectivity index (χ4v) is 3.65. The van der Waals surface area contributed by atoms with Crippen LogP contribution in [0.1, 0.15) is 29.1 Å². The first-order chi connectivity index (χ1) is 9.15. The Hall–Kier alpha value is -1.43. The third kappa shape index (κ3) is 2.36.